The molecule has 0 saturated carbocycles. The van der Waals surface area contributed by atoms with Crippen molar-refractivity contribution in [2.45, 2.75) is 18.5 Å². The van der Waals surface area contributed by atoms with Crippen molar-refractivity contribution in [3.05, 3.63) is 65.4 Å². The van der Waals surface area contributed by atoms with Crippen molar-refractivity contribution in [1.82, 2.24) is 10.3 Å². The average Bonchev–Trinajstić information content (AvgIpc) is 2.93. The Bertz CT molecular complexity index is 900. The maximum Gasteiger partial charge on any atom is 0.321 e. The van der Waals surface area contributed by atoms with Gasteiger partial charge in [-0.1, -0.05) is 36.4 Å². The van der Waals surface area contributed by atoms with Gasteiger partial charge < -0.3 is 15.2 Å². The highest BCUT2D eigenvalue weighted by Gasteiger charge is 2.34. The number of nitrogens with one attached hydrogen (secondary N) is 2. The van der Waals surface area contributed by atoms with Gasteiger partial charge in [-0.2, -0.15) is 0 Å². The second-order valence-electron chi connectivity index (χ2n) is 5.82. The highest BCUT2D eigenvalue weighted by molar-refractivity contribution is 5.87. The molecular formula is C18H16N2O3. The molecular weight excluding hydrogens is 292 g/mol. The molecule has 0 bridgehead atoms. The molecule has 1 aromatic heterocycles. The standard InChI is InChI=1S/C18H16N2O3/c21-15-8-4-2-6-11(15)16-17-12(9-14(20-16)18(22)23)10-5-1-3-7-13(10)19-17/h1-8,14,16,19-21H,9H2,(H,22,23)/t14-,16-/m0/s1. The summed E-state index contributed by atoms with van der Waals surface area (Å²) in [4.78, 5) is 14.9. The van der Waals surface area contributed by atoms with Crippen molar-refractivity contribution in [2.75, 3.05) is 0 Å². The zero-order chi connectivity index (χ0) is 16.0. The van der Waals surface area contributed by atoms with Crippen LogP contribution in [-0.4, -0.2) is 27.2 Å². The van der Waals surface area contributed by atoms with Crippen LogP contribution in [0.3, 0.4) is 0 Å². The molecule has 0 spiro atoms. The molecule has 2 heterocycles. The number of H-pyrrole nitrogens is 1. The Kier molecular flexibility index (Phi) is 3.09. The number of hydrogen-bond acceptors (Lipinski definition) is 3. The van der Waals surface area contributed by atoms with Gasteiger partial charge in [-0.3, -0.25) is 10.1 Å². The number of aromatic nitrogens is 1. The Morgan fingerprint density at radius 2 is 1.83 bits per heavy atom. The molecule has 0 amide bonds. The lowest BCUT2D eigenvalue weighted by Gasteiger charge is -2.29. The molecule has 0 fully saturated rings. The lowest BCUT2D eigenvalue weighted by atomic mass is 9.90. The second-order valence-corrected chi connectivity index (χ2v) is 5.82. The number of rotatable bonds is 2. The van der Waals surface area contributed by atoms with Crippen molar-refractivity contribution < 1.29 is 15.0 Å². The first-order valence-corrected chi connectivity index (χ1v) is 7.51. The van der Waals surface area contributed by atoms with E-state index in [4.69, 9.17) is 0 Å². The topological polar surface area (TPSA) is 85.3 Å². The largest absolute Gasteiger partial charge is 0.508 e. The second kappa shape index (κ2) is 5.14. The molecule has 4 rings (SSSR count). The first kappa shape index (κ1) is 13.8. The van der Waals surface area contributed by atoms with Crippen LogP contribution in [0, 0.1) is 0 Å². The summed E-state index contributed by atoms with van der Waals surface area (Å²) in [6.07, 6.45) is 0.415. The molecule has 3 aromatic rings. The van der Waals surface area contributed by atoms with E-state index in [2.05, 4.69) is 10.3 Å². The number of carboxylic acid groups (broad SMARTS) is 1. The Labute approximate surface area is 132 Å². The number of aliphatic carboxylic acids is 1. The van der Waals surface area contributed by atoms with Gasteiger partial charge in [-0.05, 0) is 17.7 Å². The van der Waals surface area contributed by atoms with Gasteiger partial charge in [-0.25, -0.2) is 0 Å². The molecule has 0 radical (unpaired) electrons. The van der Waals surface area contributed by atoms with E-state index in [1.807, 2.05) is 36.4 Å². The number of fused-ring (bicyclic) bond motifs is 3. The summed E-state index contributed by atoms with van der Waals surface area (Å²) < 4.78 is 0. The number of carboxylic acids is 1. The molecule has 2 aromatic carbocycles. The van der Waals surface area contributed by atoms with E-state index in [1.165, 1.54) is 0 Å². The van der Waals surface area contributed by atoms with Crippen LogP contribution in [0.15, 0.2) is 48.5 Å². The first-order valence-electron chi connectivity index (χ1n) is 7.51. The van der Waals surface area contributed by atoms with Crippen molar-refractivity contribution in [1.29, 1.82) is 0 Å². The van der Waals surface area contributed by atoms with Crippen molar-refractivity contribution in [3.8, 4) is 5.75 Å². The minimum atomic E-state index is -0.888. The molecule has 0 aliphatic carbocycles. The van der Waals surface area contributed by atoms with Crippen molar-refractivity contribution in [2.24, 2.45) is 0 Å². The van der Waals surface area contributed by atoms with Crippen molar-refractivity contribution in [3.63, 3.8) is 0 Å². The van der Waals surface area contributed by atoms with Crippen LogP contribution in [0.25, 0.3) is 10.9 Å². The smallest absolute Gasteiger partial charge is 0.321 e. The summed E-state index contributed by atoms with van der Waals surface area (Å²) in [5, 5.41) is 23.8. The molecule has 1 aliphatic heterocycles. The molecule has 0 saturated heterocycles. The van der Waals surface area contributed by atoms with Crippen LogP contribution in [-0.2, 0) is 11.2 Å². The number of benzene rings is 2. The lowest BCUT2D eigenvalue weighted by Crippen LogP contribution is -2.44. The summed E-state index contributed by atoms with van der Waals surface area (Å²) in [5.74, 6) is -0.734. The van der Waals surface area contributed by atoms with Crippen LogP contribution in [0.1, 0.15) is 22.9 Å². The Morgan fingerprint density at radius 1 is 1.09 bits per heavy atom. The van der Waals surface area contributed by atoms with Gasteiger partial charge in [0.1, 0.15) is 11.8 Å². The van der Waals surface area contributed by atoms with Crippen LogP contribution in [0.4, 0.5) is 0 Å². The van der Waals surface area contributed by atoms with Gasteiger partial charge in [-0.15, -0.1) is 0 Å². The quantitative estimate of drug-likeness (QED) is 0.586. The fourth-order valence-electron chi connectivity index (χ4n) is 3.37. The molecule has 4 N–H and O–H groups in total. The number of carbonyl (C=O) groups is 1. The fraction of sp³-hybridized carbons (Fsp3) is 0.167. The van der Waals surface area contributed by atoms with E-state index in [-0.39, 0.29) is 11.8 Å². The molecule has 5 nitrogen and oxygen atoms in total. The predicted octanol–water partition coefficient (Wildman–Crippen LogP) is 2.56. The Balaban J connectivity index is 1.93. The third kappa shape index (κ3) is 2.17. The normalized spacial score (nSPS) is 20.3. The van der Waals surface area contributed by atoms with E-state index in [1.54, 1.807) is 12.1 Å². The third-order valence-corrected chi connectivity index (χ3v) is 4.46. The molecule has 1 aliphatic rings. The van der Waals surface area contributed by atoms with E-state index < -0.39 is 12.0 Å². The Morgan fingerprint density at radius 3 is 2.61 bits per heavy atom. The first-order chi connectivity index (χ1) is 11.1. The van der Waals surface area contributed by atoms with Gasteiger partial charge in [0.15, 0.2) is 0 Å². The van der Waals surface area contributed by atoms with E-state index in [0.29, 0.717) is 12.0 Å². The van der Waals surface area contributed by atoms with Crippen molar-refractivity contribution >= 4 is 16.9 Å². The molecule has 2 atom stereocenters. The SMILES string of the molecule is O=C(O)[C@@H]1Cc2c([nH]c3ccccc23)[C@H](c2ccccc2O)N1. The zero-order valence-corrected chi connectivity index (χ0v) is 12.3. The zero-order valence-electron chi connectivity index (χ0n) is 12.3. The summed E-state index contributed by atoms with van der Waals surface area (Å²) >= 11 is 0. The highest BCUT2D eigenvalue weighted by Crippen LogP contribution is 2.37. The number of phenolic OH excluding ortho intramolecular Hbond substituents is 1. The number of phenols is 1. The number of aromatic hydroxyl groups is 1. The minimum Gasteiger partial charge on any atom is -0.508 e. The summed E-state index contributed by atoms with van der Waals surface area (Å²) in [6, 6.07) is 13.8. The van der Waals surface area contributed by atoms with Gasteiger partial charge in [0.2, 0.25) is 0 Å². The van der Waals surface area contributed by atoms with Gasteiger partial charge in [0.25, 0.3) is 0 Å². The maximum atomic E-state index is 11.5. The van der Waals surface area contributed by atoms with Gasteiger partial charge >= 0.3 is 5.97 Å². The predicted molar refractivity (Wildman–Crippen MR) is 86.5 cm³/mol. The monoisotopic (exact) mass is 308 g/mol. The minimum absolute atomic E-state index is 0.153. The summed E-state index contributed by atoms with van der Waals surface area (Å²) in [5.41, 5.74) is 3.57. The number of para-hydroxylation sites is 2. The maximum absolute atomic E-state index is 11.5. The van der Waals surface area contributed by atoms with Crippen LogP contribution >= 0.6 is 0 Å². The Hall–Kier alpha value is -2.79. The average molecular weight is 308 g/mol. The van der Waals surface area contributed by atoms with Crippen LogP contribution in [0.5, 0.6) is 5.75 Å². The van der Waals surface area contributed by atoms with Crippen LogP contribution in [0.2, 0.25) is 0 Å². The highest BCUT2D eigenvalue weighted by atomic mass is 16.4. The third-order valence-electron chi connectivity index (χ3n) is 4.46. The number of aromatic amines is 1. The van der Waals surface area contributed by atoms with Gasteiger partial charge in [0.05, 0.1) is 6.04 Å². The van der Waals surface area contributed by atoms with Gasteiger partial charge in [0, 0.05) is 28.6 Å². The van der Waals surface area contributed by atoms with E-state index in [9.17, 15) is 15.0 Å². The molecule has 0 unspecified atom stereocenters. The fourth-order valence-corrected chi connectivity index (χ4v) is 3.37. The molecule has 23 heavy (non-hydrogen) atoms. The van der Waals surface area contributed by atoms with E-state index in [0.717, 1.165) is 22.2 Å². The summed E-state index contributed by atoms with van der Waals surface area (Å²) in [6.45, 7) is 0. The molecule has 5 heteroatoms. The lowest BCUT2D eigenvalue weighted by molar-refractivity contribution is -0.139. The molecule has 116 valence electrons. The van der Waals surface area contributed by atoms with Crippen LogP contribution < -0.4 is 5.32 Å². The summed E-state index contributed by atoms with van der Waals surface area (Å²) in [7, 11) is 0. The number of hydrogen-bond donors (Lipinski definition) is 4. The van der Waals surface area contributed by atoms with E-state index >= 15 is 0 Å².